The highest BCUT2D eigenvalue weighted by Crippen LogP contribution is 2.20. The lowest BCUT2D eigenvalue weighted by Gasteiger charge is -2.11. The van der Waals surface area contributed by atoms with Crippen LogP contribution in [-0.2, 0) is 16.4 Å². The van der Waals surface area contributed by atoms with Gasteiger partial charge in [-0.3, -0.25) is 4.79 Å². The van der Waals surface area contributed by atoms with Gasteiger partial charge in [-0.2, -0.15) is 13.2 Å². The molecule has 0 fully saturated rings. The van der Waals surface area contributed by atoms with Crippen molar-refractivity contribution in [1.82, 2.24) is 10.0 Å². The van der Waals surface area contributed by atoms with Crippen LogP contribution in [0.2, 0.25) is 0 Å². The molecule has 2 aromatic carbocycles. The van der Waals surface area contributed by atoms with Crippen LogP contribution < -0.4 is 14.8 Å². The number of carbonyl (C=O) groups excluding carboxylic acids is 1. The summed E-state index contributed by atoms with van der Waals surface area (Å²) >= 11 is 0. The van der Waals surface area contributed by atoms with Crippen molar-refractivity contribution in [2.45, 2.75) is 24.4 Å². The normalized spacial score (nSPS) is 11.9. The maximum absolute atomic E-state index is 12.4. The Morgan fingerprint density at radius 1 is 1.10 bits per heavy atom. The maximum Gasteiger partial charge on any atom is 0.405 e. The summed E-state index contributed by atoms with van der Waals surface area (Å²) in [6.45, 7) is 0.575. The molecule has 2 rings (SSSR count). The summed E-state index contributed by atoms with van der Waals surface area (Å²) in [7, 11) is -2.31. The van der Waals surface area contributed by atoms with Crippen LogP contribution in [0.3, 0.4) is 0 Å². The number of hydrogen-bond donors (Lipinski definition) is 2. The average molecular weight is 430 g/mol. The average Bonchev–Trinajstić information content (AvgIpc) is 2.65. The predicted molar refractivity (Wildman–Crippen MR) is 101 cm³/mol. The molecule has 0 aromatic heterocycles. The van der Waals surface area contributed by atoms with Gasteiger partial charge in [0.2, 0.25) is 10.0 Å². The van der Waals surface area contributed by atoms with Crippen molar-refractivity contribution in [3.8, 4) is 5.75 Å². The lowest BCUT2D eigenvalue weighted by atomic mass is 10.1. The third kappa shape index (κ3) is 6.75. The second-order valence-corrected chi connectivity index (χ2v) is 8.05. The molecule has 1 amide bonds. The quantitative estimate of drug-likeness (QED) is 0.675. The summed E-state index contributed by atoms with van der Waals surface area (Å²) in [6, 6.07) is 10.2. The molecule has 0 bridgehead atoms. The number of aryl methyl sites for hydroxylation is 1. The lowest BCUT2D eigenvalue weighted by molar-refractivity contribution is -0.123. The molecular formula is C19H21F3N2O4S. The minimum Gasteiger partial charge on any atom is -0.496 e. The molecule has 0 saturated heterocycles. The van der Waals surface area contributed by atoms with Crippen LogP contribution in [0.4, 0.5) is 13.2 Å². The second-order valence-electron chi connectivity index (χ2n) is 6.29. The minimum absolute atomic E-state index is 0.0716. The zero-order chi connectivity index (χ0) is 21.7. The molecule has 0 heterocycles. The van der Waals surface area contributed by atoms with Crippen molar-refractivity contribution >= 4 is 15.9 Å². The van der Waals surface area contributed by atoms with Gasteiger partial charge < -0.3 is 10.1 Å². The Hall–Kier alpha value is -2.59. The van der Waals surface area contributed by atoms with Gasteiger partial charge in [0.15, 0.2) is 0 Å². The van der Waals surface area contributed by atoms with Crippen LogP contribution in [0, 0.1) is 6.92 Å². The number of halogens is 3. The molecule has 2 N–H and O–H groups in total. The van der Waals surface area contributed by atoms with Crippen LogP contribution in [-0.4, -0.2) is 40.7 Å². The summed E-state index contributed by atoms with van der Waals surface area (Å²) in [6.07, 6.45) is -4.12. The maximum atomic E-state index is 12.4. The largest absolute Gasteiger partial charge is 0.496 e. The van der Waals surface area contributed by atoms with Crippen molar-refractivity contribution in [3.05, 3.63) is 59.2 Å². The Balaban J connectivity index is 1.99. The minimum atomic E-state index is -4.52. The molecule has 0 aliphatic carbocycles. The van der Waals surface area contributed by atoms with E-state index in [1.54, 1.807) is 5.32 Å². The number of hydrogen-bond acceptors (Lipinski definition) is 4. The summed E-state index contributed by atoms with van der Waals surface area (Å²) in [5.74, 6) is -0.283. The van der Waals surface area contributed by atoms with Crippen LogP contribution >= 0.6 is 0 Å². The third-order valence-corrected chi connectivity index (χ3v) is 5.48. The number of sulfonamides is 1. The molecule has 29 heavy (non-hydrogen) atoms. The smallest absolute Gasteiger partial charge is 0.405 e. The first kappa shape index (κ1) is 22.7. The van der Waals surface area contributed by atoms with Gasteiger partial charge in [0, 0.05) is 12.1 Å². The van der Waals surface area contributed by atoms with Crippen molar-refractivity contribution in [2.24, 2.45) is 0 Å². The zero-order valence-corrected chi connectivity index (χ0v) is 16.7. The van der Waals surface area contributed by atoms with E-state index in [9.17, 15) is 26.4 Å². The zero-order valence-electron chi connectivity index (χ0n) is 15.8. The van der Waals surface area contributed by atoms with Gasteiger partial charge >= 0.3 is 6.18 Å². The Morgan fingerprint density at radius 3 is 2.34 bits per heavy atom. The highest BCUT2D eigenvalue weighted by atomic mass is 32.2. The first-order valence-corrected chi connectivity index (χ1v) is 10.1. The number of benzene rings is 2. The fraction of sp³-hybridized carbons (Fsp3) is 0.316. The molecule has 0 aliphatic heterocycles. The van der Waals surface area contributed by atoms with E-state index in [1.807, 2.05) is 25.1 Å². The van der Waals surface area contributed by atoms with Crippen LogP contribution in [0.1, 0.15) is 21.5 Å². The van der Waals surface area contributed by atoms with E-state index >= 15 is 0 Å². The standard InChI is InChI=1S/C19H21F3N2O4S/c1-13-3-8-17(28-2)15(11-13)9-10-24-29(26,27)16-6-4-14(5-7-16)18(25)23-12-19(20,21)22/h3-8,11,24H,9-10,12H2,1-2H3,(H,23,25). The highest BCUT2D eigenvalue weighted by molar-refractivity contribution is 7.89. The summed E-state index contributed by atoms with van der Waals surface area (Å²) in [5, 5.41) is 1.72. The Bertz CT molecular complexity index is 958. The number of amides is 1. The van der Waals surface area contributed by atoms with E-state index in [0.717, 1.165) is 35.4 Å². The van der Waals surface area contributed by atoms with Crippen LogP contribution in [0.5, 0.6) is 5.75 Å². The SMILES string of the molecule is COc1ccc(C)cc1CCNS(=O)(=O)c1ccc(C(=O)NCC(F)(F)F)cc1. The first-order chi connectivity index (χ1) is 13.5. The van der Waals surface area contributed by atoms with Crippen molar-refractivity contribution in [1.29, 1.82) is 0 Å². The molecular weight excluding hydrogens is 409 g/mol. The van der Waals surface area contributed by atoms with Gasteiger partial charge in [-0.15, -0.1) is 0 Å². The summed E-state index contributed by atoms with van der Waals surface area (Å²) in [4.78, 5) is 11.6. The number of rotatable bonds is 8. The van der Waals surface area contributed by atoms with Gasteiger partial charge in [-0.05, 0) is 49.2 Å². The molecule has 0 unspecified atom stereocenters. The molecule has 10 heteroatoms. The van der Waals surface area contributed by atoms with Crippen molar-refractivity contribution in [2.75, 3.05) is 20.2 Å². The van der Waals surface area contributed by atoms with Gasteiger partial charge in [-0.1, -0.05) is 17.7 Å². The lowest BCUT2D eigenvalue weighted by Crippen LogP contribution is -2.33. The van der Waals surface area contributed by atoms with E-state index in [2.05, 4.69) is 4.72 Å². The van der Waals surface area contributed by atoms with Crippen molar-refractivity contribution < 1.29 is 31.1 Å². The molecule has 0 saturated carbocycles. The van der Waals surface area contributed by atoms with E-state index in [-0.39, 0.29) is 17.0 Å². The second kappa shape index (κ2) is 9.27. The monoisotopic (exact) mass is 430 g/mol. The first-order valence-electron chi connectivity index (χ1n) is 8.60. The van der Waals surface area contributed by atoms with Gasteiger partial charge in [-0.25, -0.2) is 13.1 Å². The van der Waals surface area contributed by atoms with Crippen LogP contribution in [0.15, 0.2) is 47.4 Å². The van der Waals surface area contributed by atoms with E-state index in [4.69, 9.17) is 4.74 Å². The Labute approximate surface area is 167 Å². The number of alkyl halides is 3. The number of nitrogens with one attached hydrogen (secondary N) is 2. The molecule has 0 spiro atoms. The molecule has 158 valence electrons. The Morgan fingerprint density at radius 2 is 1.76 bits per heavy atom. The highest BCUT2D eigenvalue weighted by Gasteiger charge is 2.28. The number of carbonyl (C=O) groups is 1. The van der Waals surface area contributed by atoms with Gasteiger partial charge in [0.1, 0.15) is 12.3 Å². The van der Waals surface area contributed by atoms with E-state index < -0.39 is 28.7 Å². The van der Waals surface area contributed by atoms with E-state index in [1.165, 1.54) is 7.11 Å². The van der Waals surface area contributed by atoms with E-state index in [0.29, 0.717) is 12.2 Å². The number of ether oxygens (including phenoxy) is 1. The molecule has 0 radical (unpaired) electrons. The predicted octanol–water partition coefficient (Wildman–Crippen LogP) is 2.82. The molecule has 2 aromatic rings. The Kier molecular flexibility index (Phi) is 7.26. The summed E-state index contributed by atoms with van der Waals surface area (Å²) < 4.78 is 69.0. The fourth-order valence-corrected chi connectivity index (χ4v) is 3.61. The fourth-order valence-electron chi connectivity index (χ4n) is 2.57. The summed E-state index contributed by atoms with van der Waals surface area (Å²) in [5.41, 5.74) is 1.80. The molecule has 0 atom stereocenters. The third-order valence-electron chi connectivity index (χ3n) is 4.00. The van der Waals surface area contributed by atoms with Crippen molar-refractivity contribution in [3.63, 3.8) is 0 Å². The number of methoxy groups -OCH3 is 1. The topological polar surface area (TPSA) is 84.5 Å². The van der Waals surface area contributed by atoms with Crippen LogP contribution in [0.25, 0.3) is 0 Å². The van der Waals surface area contributed by atoms with Gasteiger partial charge in [0.05, 0.1) is 12.0 Å². The van der Waals surface area contributed by atoms with Gasteiger partial charge in [0.25, 0.3) is 5.91 Å². The molecule has 0 aliphatic rings. The molecule has 6 nitrogen and oxygen atoms in total.